The van der Waals surface area contributed by atoms with Crippen LogP contribution in [-0.4, -0.2) is 70.1 Å². The van der Waals surface area contributed by atoms with Crippen molar-refractivity contribution in [3.8, 4) is 0 Å². The van der Waals surface area contributed by atoms with Crippen molar-refractivity contribution in [2.75, 3.05) is 0 Å². The monoisotopic (exact) mass is 1510 g/mol. The molecule has 0 aromatic rings. The third-order valence-electron chi connectivity index (χ3n) is 18.3. The smallest absolute Gasteiger partial charge is 0.466 e. The SMILES string of the molecule is CCCCCCCC/C=C\CCCCCCCC(=O)O.CCCCCCCC/C=C\CCCCCCCC(=O)O.CCCCCCCC/C=C\CCCCCCCC(=O)O.CCCCCCCC/C=C\CCCCCCCC(=O)O.CCCCCCCC/C=C\CCCCCCCC(=O)O.O=P(O)(O)O. The fraction of sp³-hybridized carbons (Fsp3) is 0.833. The van der Waals surface area contributed by atoms with Crippen LogP contribution in [0.4, 0.5) is 0 Å². The first-order valence-electron chi connectivity index (χ1n) is 44.0. The molecule has 0 amide bonds. The Labute approximate surface area is 648 Å². The van der Waals surface area contributed by atoms with Crippen molar-refractivity contribution in [3.63, 3.8) is 0 Å². The maximum atomic E-state index is 10.3. The topological polar surface area (TPSA) is 264 Å². The van der Waals surface area contributed by atoms with Crippen LogP contribution in [0.3, 0.4) is 0 Å². The predicted molar refractivity (Wildman–Crippen MR) is 450 cm³/mol. The molecular weight excluding hydrogens is 1340 g/mol. The van der Waals surface area contributed by atoms with E-state index in [-0.39, 0.29) is 0 Å². The first-order chi connectivity index (χ1) is 50.9. The molecule has 622 valence electrons. The van der Waals surface area contributed by atoms with Crippen molar-refractivity contribution in [1.29, 1.82) is 0 Å². The molecule has 0 saturated heterocycles. The second-order valence-corrected chi connectivity index (χ2v) is 30.2. The maximum absolute atomic E-state index is 10.3. The predicted octanol–water partition coefficient (Wildman–Crippen LogP) is 29.6. The second kappa shape index (κ2) is 104. The van der Waals surface area contributed by atoms with Crippen molar-refractivity contribution < 1.29 is 68.8 Å². The highest BCUT2D eigenvalue weighted by Crippen LogP contribution is 2.26. The summed E-state index contributed by atoms with van der Waals surface area (Å²) in [5, 5.41) is 42.5. The first-order valence-corrected chi connectivity index (χ1v) is 45.5. The van der Waals surface area contributed by atoms with Gasteiger partial charge >= 0.3 is 37.7 Å². The van der Waals surface area contributed by atoms with Crippen molar-refractivity contribution in [3.05, 3.63) is 60.8 Å². The van der Waals surface area contributed by atoms with Crippen LogP contribution in [0.1, 0.15) is 484 Å². The summed E-state index contributed by atoms with van der Waals surface area (Å²) in [5.41, 5.74) is 0. The molecule has 0 rings (SSSR count). The quantitative estimate of drug-likeness (QED) is 0.0160. The van der Waals surface area contributed by atoms with E-state index in [4.69, 9.17) is 44.8 Å². The van der Waals surface area contributed by atoms with Gasteiger partial charge in [-0.3, -0.25) is 24.0 Å². The van der Waals surface area contributed by atoms with E-state index in [1.54, 1.807) is 0 Å². The molecule has 0 aliphatic rings. The van der Waals surface area contributed by atoms with Crippen LogP contribution in [0.2, 0.25) is 0 Å². The van der Waals surface area contributed by atoms with Gasteiger partial charge in [0.2, 0.25) is 0 Å². The van der Waals surface area contributed by atoms with E-state index in [0.29, 0.717) is 32.1 Å². The number of hydrogen-bond acceptors (Lipinski definition) is 6. The normalized spacial score (nSPS) is 11.3. The maximum Gasteiger partial charge on any atom is 0.466 e. The summed E-state index contributed by atoms with van der Waals surface area (Å²) in [6.45, 7) is 11.3. The van der Waals surface area contributed by atoms with Crippen LogP contribution in [0.5, 0.6) is 0 Å². The fourth-order valence-corrected chi connectivity index (χ4v) is 11.7. The molecule has 14 nitrogen and oxygen atoms in total. The Balaban J connectivity index is -0.000000287. The first kappa shape index (κ1) is 112. The Morgan fingerprint density at radius 2 is 0.267 bits per heavy atom. The van der Waals surface area contributed by atoms with Gasteiger partial charge < -0.3 is 40.2 Å². The number of allylic oxidation sites excluding steroid dienone is 10. The molecule has 0 aromatic heterocycles. The van der Waals surface area contributed by atoms with E-state index in [1.807, 2.05) is 0 Å². The van der Waals surface area contributed by atoms with E-state index in [2.05, 4.69) is 95.4 Å². The minimum Gasteiger partial charge on any atom is -0.481 e. The van der Waals surface area contributed by atoms with Crippen LogP contribution >= 0.6 is 7.82 Å². The lowest BCUT2D eigenvalue weighted by Gasteiger charge is -1.99. The molecule has 0 saturated carbocycles. The molecule has 0 unspecified atom stereocenters. The molecule has 105 heavy (non-hydrogen) atoms. The molecule has 0 fully saturated rings. The molecule has 0 heterocycles. The van der Waals surface area contributed by atoms with E-state index in [0.717, 1.165) is 64.2 Å². The number of carboxylic acids is 5. The van der Waals surface area contributed by atoms with Gasteiger partial charge in [-0.15, -0.1) is 0 Å². The Kier molecular flexibility index (Phi) is 111. The molecule has 8 N–H and O–H groups in total. The lowest BCUT2D eigenvalue weighted by Crippen LogP contribution is -1.93. The highest BCUT2D eigenvalue weighted by Gasteiger charge is 2.03. The number of aliphatic carboxylic acids is 5. The minimum absolute atomic E-state index is 0.332. The largest absolute Gasteiger partial charge is 0.481 e. The third-order valence-corrected chi connectivity index (χ3v) is 18.3. The molecule has 0 aromatic carbocycles. The van der Waals surface area contributed by atoms with Gasteiger partial charge in [0.25, 0.3) is 0 Å². The van der Waals surface area contributed by atoms with Gasteiger partial charge in [-0.05, 0) is 161 Å². The van der Waals surface area contributed by atoms with Gasteiger partial charge in [0, 0.05) is 32.1 Å². The van der Waals surface area contributed by atoms with Crippen molar-refractivity contribution >= 4 is 37.7 Å². The summed E-state index contributed by atoms with van der Waals surface area (Å²) < 4.78 is 8.88. The van der Waals surface area contributed by atoms with Gasteiger partial charge in [-0.2, -0.15) is 0 Å². The highest BCUT2D eigenvalue weighted by molar-refractivity contribution is 7.45. The van der Waals surface area contributed by atoms with Crippen molar-refractivity contribution in [2.24, 2.45) is 0 Å². The summed E-state index contributed by atoms with van der Waals surface area (Å²) in [5.74, 6) is -3.32. The van der Waals surface area contributed by atoms with Crippen LogP contribution in [0.15, 0.2) is 60.8 Å². The molecule has 15 heteroatoms. The van der Waals surface area contributed by atoms with Gasteiger partial charge in [0.05, 0.1) is 0 Å². The Hall–Kier alpha value is -3.84. The van der Waals surface area contributed by atoms with E-state index in [1.165, 1.54) is 353 Å². The summed E-state index contributed by atoms with van der Waals surface area (Å²) in [7, 11) is -4.64. The summed E-state index contributed by atoms with van der Waals surface area (Å²) in [6.07, 6.45) is 106. The zero-order valence-electron chi connectivity index (χ0n) is 69.2. The lowest BCUT2D eigenvalue weighted by atomic mass is 10.1. The minimum atomic E-state index is -4.64. The van der Waals surface area contributed by atoms with Crippen LogP contribution in [0.25, 0.3) is 0 Å². The second-order valence-electron chi connectivity index (χ2n) is 29.2. The number of phosphoric acid groups is 1. The molecule has 0 aliphatic carbocycles. The standard InChI is InChI=1S/5C18H34O2.H3O4P/c5*1-2-3-4-5-6-7-8-9-10-11-12-13-14-15-16-17-18(19)20;1-5(2,3)4/h5*9-10H,2-8,11-17H2,1H3,(H,19,20);(H3,1,2,3,4)/b5*10-9-;. The number of carboxylic acid groups (broad SMARTS) is 5. The summed E-state index contributed by atoms with van der Waals surface area (Å²) in [6, 6.07) is 0. The Morgan fingerprint density at radius 1 is 0.181 bits per heavy atom. The number of hydrogen-bond donors (Lipinski definition) is 8. The molecule has 0 bridgehead atoms. The van der Waals surface area contributed by atoms with E-state index in [9.17, 15) is 24.0 Å². The van der Waals surface area contributed by atoms with Crippen molar-refractivity contribution in [1.82, 2.24) is 0 Å². The van der Waals surface area contributed by atoms with Gasteiger partial charge in [0.15, 0.2) is 0 Å². The van der Waals surface area contributed by atoms with Crippen molar-refractivity contribution in [2.45, 2.75) is 484 Å². The zero-order chi connectivity index (χ0) is 79.0. The number of carbonyl (C=O) groups is 5. The van der Waals surface area contributed by atoms with Gasteiger partial charge in [-0.1, -0.05) is 352 Å². The lowest BCUT2D eigenvalue weighted by molar-refractivity contribution is -0.138. The fourth-order valence-electron chi connectivity index (χ4n) is 11.7. The molecule has 0 atom stereocenters. The number of unbranched alkanes of at least 4 members (excludes halogenated alkanes) is 55. The highest BCUT2D eigenvalue weighted by atomic mass is 31.2. The van der Waals surface area contributed by atoms with E-state index >= 15 is 0 Å². The van der Waals surface area contributed by atoms with Gasteiger partial charge in [0.1, 0.15) is 0 Å². The number of rotatable bonds is 75. The Morgan fingerprint density at radius 3 is 0.362 bits per heavy atom. The molecule has 0 aliphatic heterocycles. The van der Waals surface area contributed by atoms with Crippen LogP contribution < -0.4 is 0 Å². The zero-order valence-corrected chi connectivity index (χ0v) is 70.1. The van der Waals surface area contributed by atoms with Gasteiger partial charge in [-0.25, -0.2) is 4.57 Å². The van der Waals surface area contributed by atoms with Crippen LogP contribution in [-0.2, 0) is 28.5 Å². The summed E-state index contributed by atoms with van der Waals surface area (Å²) >= 11 is 0. The molecular formula is C90H173O14P. The average molecular weight is 1510 g/mol. The average Bonchev–Trinajstić information content (AvgIpc) is 3.76. The summed E-state index contributed by atoms with van der Waals surface area (Å²) in [4.78, 5) is 73.2. The third kappa shape index (κ3) is 147. The van der Waals surface area contributed by atoms with E-state index < -0.39 is 37.7 Å². The van der Waals surface area contributed by atoms with Crippen LogP contribution in [0, 0.1) is 0 Å². The molecule has 0 spiro atoms. The Bertz CT molecular complexity index is 1630. The molecule has 0 radical (unpaired) electrons.